The summed E-state index contributed by atoms with van der Waals surface area (Å²) in [5.41, 5.74) is 0.540. The Balaban J connectivity index is 2.28. The molecule has 1 heterocycles. The number of alkyl halides is 3. The van der Waals surface area contributed by atoms with E-state index in [-0.39, 0.29) is 11.8 Å². The second-order valence-electron chi connectivity index (χ2n) is 3.53. The molecule has 2 rings (SSSR count). The van der Waals surface area contributed by atoms with Crippen molar-refractivity contribution >= 4 is 15.9 Å². The van der Waals surface area contributed by atoms with Crippen LogP contribution < -0.4 is 10.1 Å². The van der Waals surface area contributed by atoms with Gasteiger partial charge in [-0.15, -0.1) is 13.2 Å². The van der Waals surface area contributed by atoms with Gasteiger partial charge in [-0.2, -0.15) is 0 Å². The predicted molar refractivity (Wildman–Crippen MR) is 56.2 cm³/mol. The van der Waals surface area contributed by atoms with E-state index < -0.39 is 6.36 Å². The fraction of sp³-hybridized carbons (Fsp3) is 0.400. The monoisotopic (exact) mass is 295 g/mol. The number of halogens is 4. The molecule has 1 fully saturated rings. The lowest BCUT2D eigenvalue weighted by atomic mass is 9.97. The summed E-state index contributed by atoms with van der Waals surface area (Å²) in [6.45, 7) is 0.822. The maximum atomic E-state index is 12.2. The zero-order chi connectivity index (χ0) is 11.8. The predicted octanol–water partition coefficient (Wildman–Crippen LogP) is 3.38. The minimum absolute atomic E-state index is 0.0464. The molecular weight excluding hydrogens is 287 g/mol. The van der Waals surface area contributed by atoms with Crippen LogP contribution in [0.1, 0.15) is 18.0 Å². The molecule has 6 heteroatoms. The van der Waals surface area contributed by atoms with Crippen LogP contribution in [-0.4, -0.2) is 12.9 Å². The van der Waals surface area contributed by atoms with Crippen molar-refractivity contribution in [2.75, 3.05) is 6.54 Å². The van der Waals surface area contributed by atoms with Crippen LogP contribution in [0, 0.1) is 0 Å². The van der Waals surface area contributed by atoms with Crippen LogP contribution >= 0.6 is 15.9 Å². The lowest BCUT2D eigenvalue weighted by molar-refractivity contribution is -0.275. The molecule has 88 valence electrons. The van der Waals surface area contributed by atoms with Crippen LogP contribution in [0.4, 0.5) is 13.2 Å². The molecule has 1 aromatic rings. The molecule has 1 aliphatic heterocycles. The molecule has 0 bridgehead atoms. The molecule has 0 amide bonds. The lowest BCUT2D eigenvalue weighted by Gasteiger charge is -2.29. The van der Waals surface area contributed by atoms with Crippen molar-refractivity contribution in [3.63, 3.8) is 0 Å². The van der Waals surface area contributed by atoms with Crippen LogP contribution in [0.3, 0.4) is 0 Å². The van der Waals surface area contributed by atoms with Gasteiger partial charge in [-0.1, -0.05) is 15.9 Å². The Kier molecular flexibility index (Phi) is 3.12. The maximum absolute atomic E-state index is 12.2. The molecule has 0 unspecified atom stereocenters. The van der Waals surface area contributed by atoms with Gasteiger partial charge < -0.3 is 10.1 Å². The highest BCUT2D eigenvalue weighted by molar-refractivity contribution is 9.10. The van der Waals surface area contributed by atoms with Crippen LogP contribution in [0.15, 0.2) is 22.7 Å². The van der Waals surface area contributed by atoms with Gasteiger partial charge in [-0.3, -0.25) is 0 Å². The molecule has 0 aromatic heterocycles. The van der Waals surface area contributed by atoms with E-state index in [0.717, 1.165) is 17.4 Å². The summed E-state index contributed by atoms with van der Waals surface area (Å²) in [6, 6.07) is 4.46. The van der Waals surface area contributed by atoms with Gasteiger partial charge in [0.25, 0.3) is 0 Å². The van der Waals surface area contributed by atoms with Crippen LogP contribution in [0.25, 0.3) is 0 Å². The average Bonchev–Trinajstić information content (AvgIpc) is 2.04. The third kappa shape index (κ3) is 2.68. The molecule has 1 aliphatic rings. The van der Waals surface area contributed by atoms with Gasteiger partial charge in [0, 0.05) is 16.1 Å². The molecule has 1 saturated heterocycles. The molecule has 1 atom stereocenters. The smallest absolute Gasteiger partial charge is 0.405 e. The Morgan fingerprint density at radius 1 is 1.38 bits per heavy atom. The number of ether oxygens (including phenoxy) is 1. The molecule has 0 spiro atoms. The molecule has 1 aromatic carbocycles. The molecule has 16 heavy (non-hydrogen) atoms. The van der Waals surface area contributed by atoms with E-state index in [1.807, 2.05) is 0 Å². The molecule has 2 nitrogen and oxygen atoms in total. The minimum atomic E-state index is -4.65. The first-order chi connectivity index (χ1) is 7.46. The van der Waals surface area contributed by atoms with Crippen molar-refractivity contribution < 1.29 is 17.9 Å². The fourth-order valence-corrected chi connectivity index (χ4v) is 1.94. The molecular formula is C10H9BrF3NO. The standard InChI is InChI=1S/C10H9BrF3NO/c11-6-1-2-9(16-10(12,13)14)7(5-6)8-3-4-15-8/h1-2,5,8,15H,3-4H2/t8-/m1/s1. The summed E-state index contributed by atoms with van der Waals surface area (Å²) in [5, 5.41) is 3.05. The number of nitrogens with one attached hydrogen (secondary N) is 1. The molecule has 0 aliphatic carbocycles. The van der Waals surface area contributed by atoms with E-state index in [2.05, 4.69) is 26.0 Å². The van der Waals surface area contributed by atoms with Crippen molar-refractivity contribution in [2.45, 2.75) is 18.8 Å². The normalized spacial score (nSPS) is 20.4. The van der Waals surface area contributed by atoms with E-state index >= 15 is 0 Å². The van der Waals surface area contributed by atoms with E-state index in [4.69, 9.17) is 0 Å². The summed E-state index contributed by atoms with van der Waals surface area (Å²) < 4.78 is 41.2. The Hall–Kier alpha value is -0.750. The van der Waals surface area contributed by atoms with Crippen molar-refractivity contribution in [2.24, 2.45) is 0 Å². The Bertz CT molecular complexity index is 390. The second kappa shape index (κ2) is 4.25. The summed E-state index contributed by atoms with van der Waals surface area (Å²) in [6.07, 6.45) is -3.82. The van der Waals surface area contributed by atoms with Gasteiger partial charge in [0.2, 0.25) is 0 Å². The van der Waals surface area contributed by atoms with Gasteiger partial charge in [-0.05, 0) is 31.2 Å². The minimum Gasteiger partial charge on any atom is -0.405 e. The third-order valence-corrected chi connectivity index (χ3v) is 2.89. The highest BCUT2D eigenvalue weighted by atomic mass is 79.9. The summed E-state index contributed by atoms with van der Waals surface area (Å²) in [4.78, 5) is 0. The molecule has 0 saturated carbocycles. The first-order valence-electron chi connectivity index (χ1n) is 4.74. The van der Waals surface area contributed by atoms with E-state index in [9.17, 15) is 13.2 Å². The van der Waals surface area contributed by atoms with Gasteiger partial charge in [-0.25, -0.2) is 0 Å². The average molecular weight is 296 g/mol. The quantitative estimate of drug-likeness (QED) is 0.903. The number of hydrogen-bond donors (Lipinski definition) is 1. The van der Waals surface area contributed by atoms with Crippen LogP contribution in [0.5, 0.6) is 5.75 Å². The fourth-order valence-electron chi connectivity index (χ4n) is 1.56. The van der Waals surface area contributed by atoms with E-state index in [1.165, 1.54) is 12.1 Å². The number of benzene rings is 1. The van der Waals surface area contributed by atoms with Crippen molar-refractivity contribution in [3.8, 4) is 5.75 Å². The maximum Gasteiger partial charge on any atom is 0.573 e. The second-order valence-corrected chi connectivity index (χ2v) is 4.44. The van der Waals surface area contributed by atoms with Crippen molar-refractivity contribution in [1.29, 1.82) is 0 Å². The van der Waals surface area contributed by atoms with Crippen molar-refractivity contribution in [1.82, 2.24) is 5.32 Å². The highest BCUT2D eigenvalue weighted by Gasteiger charge is 2.33. The number of hydrogen-bond acceptors (Lipinski definition) is 2. The van der Waals surface area contributed by atoms with E-state index in [1.54, 1.807) is 6.07 Å². The van der Waals surface area contributed by atoms with Crippen LogP contribution in [-0.2, 0) is 0 Å². The largest absolute Gasteiger partial charge is 0.573 e. The zero-order valence-corrected chi connectivity index (χ0v) is 9.73. The lowest BCUT2D eigenvalue weighted by Crippen LogP contribution is -2.35. The molecule has 1 N–H and O–H groups in total. The van der Waals surface area contributed by atoms with Crippen molar-refractivity contribution in [3.05, 3.63) is 28.2 Å². The first-order valence-corrected chi connectivity index (χ1v) is 5.53. The van der Waals surface area contributed by atoms with Gasteiger partial charge in [0.1, 0.15) is 5.75 Å². The highest BCUT2D eigenvalue weighted by Crippen LogP contribution is 2.35. The zero-order valence-electron chi connectivity index (χ0n) is 8.14. The third-order valence-electron chi connectivity index (χ3n) is 2.40. The summed E-state index contributed by atoms with van der Waals surface area (Å²) in [5.74, 6) is -0.132. The van der Waals surface area contributed by atoms with Gasteiger partial charge >= 0.3 is 6.36 Å². The Morgan fingerprint density at radius 3 is 2.56 bits per heavy atom. The topological polar surface area (TPSA) is 21.3 Å². The summed E-state index contributed by atoms with van der Waals surface area (Å²) in [7, 11) is 0. The Labute approximate surface area is 98.9 Å². The number of rotatable bonds is 2. The first kappa shape index (κ1) is 11.7. The Morgan fingerprint density at radius 2 is 2.06 bits per heavy atom. The molecule has 0 radical (unpaired) electrons. The van der Waals surface area contributed by atoms with E-state index in [0.29, 0.717) is 5.56 Å². The van der Waals surface area contributed by atoms with Crippen LogP contribution in [0.2, 0.25) is 0 Å². The van der Waals surface area contributed by atoms with Gasteiger partial charge in [0.05, 0.1) is 0 Å². The SMILES string of the molecule is FC(F)(F)Oc1ccc(Br)cc1[C@H]1CCN1. The summed E-state index contributed by atoms with van der Waals surface area (Å²) >= 11 is 3.23. The van der Waals surface area contributed by atoms with Gasteiger partial charge in [0.15, 0.2) is 0 Å².